The Kier molecular flexibility index (Phi) is 5.31. The largest absolute Gasteiger partial charge is 0.356 e. The molecule has 1 aliphatic heterocycles. The van der Waals surface area contributed by atoms with Gasteiger partial charge in [0.2, 0.25) is 0 Å². The van der Waals surface area contributed by atoms with Crippen LogP contribution in [0.2, 0.25) is 0 Å². The zero-order valence-electron chi connectivity index (χ0n) is 14.5. The molecule has 1 aliphatic rings. The van der Waals surface area contributed by atoms with E-state index in [1.54, 1.807) is 0 Å². The molecule has 0 unspecified atom stereocenters. The molecule has 0 aliphatic carbocycles. The van der Waals surface area contributed by atoms with Gasteiger partial charge in [-0.1, -0.05) is 20.8 Å². The van der Waals surface area contributed by atoms with Gasteiger partial charge in [-0.25, -0.2) is 0 Å². The van der Waals surface area contributed by atoms with Gasteiger partial charge in [-0.15, -0.1) is 0 Å². The molecule has 0 spiro atoms. The minimum Gasteiger partial charge on any atom is -0.356 e. The molecule has 1 fully saturated rings. The lowest BCUT2D eigenvalue weighted by Crippen LogP contribution is -2.29. The van der Waals surface area contributed by atoms with Gasteiger partial charge in [0, 0.05) is 32.2 Å². The van der Waals surface area contributed by atoms with E-state index in [2.05, 4.69) is 54.7 Å². The van der Waals surface area contributed by atoms with Crippen LogP contribution in [0.3, 0.4) is 0 Å². The van der Waals surface area contributed by atoms with Gasteiger partial charge < -0.3 is 10.2 Å². The van der Waals surface area contributed by atoms with E-state index in [1.165, 1.54) is 55.8 Å². The summed E-state index contributed by atoms with van der Waals surface area (Å²) in [7, 11) is 2.09. The second-order valence-electron chi connectivity index (χ2n) is 6.57. The first-order valence-electron chi connectivity index (χ1n) is 8.55. The Morgan fingerprint density at radius 2 is 1.95 bits per heavy atom. The summed E-state index contributed by atoms with van der Waals surface area (Å²) in [5.74, 6) is 1.33. The third kappa shape index (κ3) is 3.25. The topological polar surface area (TPSA) is 33.1 Å². The van der Waals surface area contributed by atoms with E-state index in [0.717, 1.165) is 13.1 Å². The zero-order valence-corrected chi connectivity index (χ0v) is 14.5. The van der Waals surface area contributed by atoms with Crippen molar-refractivity contribution in [3.8, 4) is 0 Å². The van der Waals surface area contributed by atoms with Gasteiger partial charge in [0.05, 0.1) is 5.69 Å². The van der Waals surface area contributed by atoms with Crippen LogP contribution in [0.5, 0.6) is 0 Å². The Balaban J connectivity index is 2.20. The van der Waals surface area contributed by atoms with Crippen molar-refractivity contribution in [2.24, 2.45) is 12.5 Å². The Labute approximate surface area is 129 Å². The maximum Gasteiger partial charge on any atom is 0.131 e. The summed E-state index contributed by atoms with van der Waals surface area (Å²) in [5, 5.41) is 8.21. The molecular formula is C17H32N4. The van der Waals surface area contributed by atoms with E-state index in [0.29, 0.717) is 5.41 Å². The number of rotatable bonds is 7. The molecule has 4 heteroatoms. The zero-order chi connectivity index (χ0) is 15.5. The highest BCUT2D eigenvalue weighted by Gasteiger charge is 2.37. The van der Waals surface area contributed by atoms with Gasteiger partial charge in [0.15, 0.2) is 0 Å². The molecule has 1 N–H and O–H groups in total. The Morgan fingerprint density at radius 3 is 2.52 bits per heavy atom. The molecule has 0 atom stereocenters. The number of nitrogens with one attached hydrogen (secondary N) is 1. The number of hydrogen-bond acceptors (Lipinski definition) is 3. The van der Waals surface area contributed by atoms with Crippen LogP contribution in [-0.2, 0) is 13.6 Å². The maximum atomic E-state index is 4.67. The van der Waals surface area contributed by atoms with Crippen molar-refractivity contribution >= 4 is 5.82 Å². The molecule has 2 rings (SSSR count). The molecule has 0 radical (unpaired) electrons. The number of aryl methyl sites for hydroxylation is 2. The molecule has 4 nitrogen and oxygen atoms in total. The molecule has 0 amide bonds. The second-order valence-corrected chi connectivity index (χ2v) is 6.57. The summed E-state index contributed by atoms with van der Waals surface area (Å²) < 4.78 is 2.08. The molecule has 0 saturated carbocycles. The fourth-order valence-corrected chi connectivity index (χ4v) is 3.63. The van der Waals surface area contributed by atoms with Crippen LogP contribution in [0.4, 0.5) is 5.82 Å². The highest BCUT2D eigenvalue weighted by Crippen LogP contribution is 2.40. The van der Waals surface area contributed by atoms with Crippen LogP contribution in [0.1, 0.15) is 57.7 Å². The Bertz CT molecular complexity index is 460. The van der Waals surface area contributed by atoms with E-state index in [4.69, 9.17) is 0 Å². The van der Waals surface area contributed by atoms with Crippen molar-refractivity contribution in [3.63, 3.8) is 0 Å². The normalized spacial score (nSPS) is 17.7. The predicted octanol–water partition coefficient (Wildman–Crippen LogP) is 3.24. The average molecular weight is 292 g/mol. The fraction of sp³-hybridized carbons (Fsp3) is 0.824. The molecule has 1 aromatic heterocycles. The highest BCUT2D eigenvalue weighted by molar-refractivity contribution is 5.51. The number of aromatic nitrogens is 2. The standard InChI is InChI=1S/C17H32N4/c1-6-10-18-12-15-14(4)19-20(5)16(15)21-11-9-17(7-2,8-3)13-21/h18H,6-13H2,1-5H3. The number of anilines is 1. The van der Waals surface area contributed by atoms with E-state index < -0.39 is 0 Å². The van der Waals surface area contributed by atoms with Gasteiger partial charge in [0.1, 0.15) is 5.82 Å². The number of nitrogens with zero attached hydrogens (tertiary/aromatic N) is 3. The summed E-state index contributed by atoms with van der Waals surface area (Å²) in [6.45, 7) is 13.4. The van der Waals surface area contributed by atoms with E-state index >= 15 is 0 Å². The SMILES string of the molecule is CCCNCc1c(C)nn(C)c1N1CCC(CC)(CC)C1. The number of hydrogen-bond donors (Lipinski definition) is 1. The lowest BCUT2D eigenvalue weighted by molar-refractivity contribution is 0.301. The third-order valence-electron chi connectivity index (χ3n) is 5.28. The molecular weight excluding hydrogens is 260 g/mol. The summed E-state index contributed by atoms with van der Waals surface area (Å²) in [6, 6.07) is 0. The van der Waals surface area contributed by atoms with Crippen LogP contribution < -0.4 is 10.2 Å². The summed E-state index contributed by atoms with van der Waals surface area (Å²) in [6.07, 6.45) is 5.04. The quantitative estimate of drug-likeness (QED) is 0.783. The summed E-state index contributed by atoms with van der Waals surface area (Å²) in [5.41, 5.74) is 3.06. The van der Waals surface area contributed by atoms with Crippen molar-refractivity contribution in [1.82, 2.24) is 15.1 Å². The molecule has 0 aromatic carbocycles. The van der Waals surface area contributed by atoms with E-state index in [9.17, 15) is 0 Å². The van der Waals surface area contributed by atoms with Crippen molar-refractivity contribution in [2.45, 2.75) is 59.9 Å². The molecule has 21 heavy (non-hydrogen) atoms. The van der Waals surface area contributed by atoms with Gasteiger partial charge in [-0.2, -0.15) is 5.10 Å². The minimum atomic E-state index is 0.506. The van der Waals surface area contributed by atoms with Crippen LogP contribution >= 0.6 is 0 Å². The van der Waals surface area contributed by atoms with Crippen molar-refractivity contribution in [2.75, 3.05) is 24.5 Å². The maximum absolute atomic E-state index is 4.67. The molecule has 1 aromatic rings. The molecule has 120 valence electrons. The smallest absolute Gasteiger partial charge is 0.131 e. The highest BCUT2D eigenvalue weighted by atomic mass is 15.4. The lowest BCUT2D eigenvalue weighted by Gasteiger charge is -2.27. The monoisotopic (exact) mass is 292 g/mol. The van der Waals surface area contributed by atoms with Crippen LogP contribution in [-0.4, -0.2) is 29.4 Å². The van der Waals surface area contributed by atoms with Gasteiger partial charge in [0.25, 0.3) is 0 Å². The Morgan fingerprint density at radius 1 is 1.24 bits per heavy atom. The van der Waals surface area contributed by atoms with Gasteiger partial charge in [-0.05, 0) is 44.6 Å². The van der Waals surface area contributed by atoms with Crippen molar-refractivity contribution < 1.29 is 0 Å². The molecule has 0 bridgehead atoms. The van der Waals surface area contributed by atoms with E-state index in [-0.39, 0.29) is 0 Å². The van der Waals surface area contributed by atoms with Crippen LogP contribution in [0.15, 0.2) is 0 Å². The van der Waals surface area contributed by atoms with Gasteiger partial charge >= 0.3 is 0 Å². The molecule has 1 saturated heterocycles. The Hall–Kier alpha value is -1.03. The van der Waals surface area contributed by atoms with Crippen molar-refractivity contribution in [1.29, 1.82) is 0 Å². The minimum absolute atomic E-state index is 0.506. The second kappa shape index (κ2) is 6.82. The summed E-state index contributed by atoms with van der Waals surface area (Å²) >= 11 is 0. The first kappa shape index (κ1) is 16.3. The predicted molar refractivity (Wildman–Crippen MR) is 89.8 cm³/mol. The van der Waals surface area contributed by atoms with Crippen molar-refractivity contribution in [3.05, 3.63) is 11.3 Å². The summed E-state index contributed by atoms with van der Waals surface area (Å²) in [4.78, 5) is 2.57. The molecule has 2 heterocycles. The first-order chi connectivity index (χ1) is 10.1. The van der Waals surface area contributed by atoms with Gasteiger partial charge in [-0.3, -0.25) is 4.68 Å². The van der Waals surface area contributed by atoms with E-state index in [1.807, 2.05) is 0 Å². The average Bonchev–Trinajstić information content (AvgIpc) is 3.01. The van der Waals surface area contributed by atoms with Crippen LogP contribution in [0, 0.1) is 12.3 Å². The fourth-order valence-electron chi connectivity index (χ4n) is 3.63. The van der Waals surface area contributed by atoms with Crippen LogP contribution in [0.25, 0.3) is 0 Å². The lowest BCUT2D eigenvalue weighted by atomic mass is 9.82. The first-order valence-corrected chi connectivity index (χ1v) is 8.55. The third-order valence-corrected chi connectivity index (χ3v) is 5.28.